The minimum Gasteiger partial charge on any atom is -0.482 e. The second-order valence-electron chi connectivity index (χ2n) is 6.08. The van der Waals surface area contributed by atoms with Crippen molar-refractivity contribution in [3.8, 4) is 5.75 Å². The molecule has 0 spiro atoms. The van der Waals surface area contributed by atoms with Gasteiger partial charge in [-0.2, -0.15) is 0 Å². The zero-order valence-electron chi connectivity index (χ0n) is 14.2. The van der Waals surface area contributed by atoms with Gasteiger partial charge in [0, 0.05) is 19.0 Å². The molecule has 0 radical (unpaired) electrons. The number of halogens is 2. The summed E-state index contributed by atoms with van der Waals surface area (Å²) >= 11 is 0. The maximum Gasteiger partial charge on any atom is 0.265 e. The van der Waals surface area contributed by atoms with Gasteiger partial charge in [0.15, 0.2) is 6.61 Å². The number of fused-ring (bicyclic) bond motifs is 1. The first kappa shape index (κ1) is 17.8. The van der Waals surface area contributed by atoms with Crippen LogP contribution in [0, 0.1) is 18.6 Å². The maximum absolute atomic E-state index is 13.5. The summed E-state index contributed by atoms with van der Waals surface area (Å²) in [5, 5.41) is 2.35. The Kier molecular flexibility index (Phi) is 5.16. The van der Waals surface area contributed by atoms with Gasteiger partial charge in [-0.15, -0.1) is 0 Å². The Morgan fingerprint density at radius 1 is 1.23 bits per heavy atom. The third-order valence-electron chi connectivity index (χ3n) is 4.05. The zero-order valence-corrected chi connectivity index (χ0v) is 14.2. The van der Waals surface area contributed by atoms with Crippen molar-refractivity contribution in [1.29, 1.82) is 0 Å². The smallest absolute Gasteiger partial charge is 0.265 e. The Morgan fingerprint density at radius 2 is 2.04 bits per heavy atom. The number of rotatable bonds is 5. The van der Waals surface area contributed by atoms with E-state index in [1.165, 1.54) is 0 Å². The van der Waals surface area contributed by atoms with Crippen molar-refractivity contribution in [3.63, 3.8) is 0 Å². The molecule has 7 heteroatoms. The molecule has 0 saturated heterocycles. The van der Waals surface area contributed by atoms with Crippen molar-refractivity contribution in [2.75, 3.05) is 23.4 Å². The van der Waals surface area contributed by atoms with Crippen molar-refractivity contribution in [2.24, 2.45) is 0 Å². The Balaban J connectivity index is 1.59. The molecule has 0 bridgehead atoms. The summed E-state index contributed by atoms with van der Waals surface area (Å²) in [6.07, 6.45) is 0.448. The Hall–Kier alpha value is -2.96. The second kappa shape index (κ2) is 7.51. The van der Waals surface area contributed by atoms with E-state index in [2.05, 4.69) is 5.32 Å². The predicted octanol–water partition coefficient (Wildman–Crippen LogP) is 3.42. The van der Waals surface area contributed by atoms with E-state index in [1.807, 2.05) is 25.1 Å². The highest BCUT2D eigenvalue weighted by Crippen LogP contribution is 2.33. The summed E-state index contributed by atoms with van der Waals surface area (Å²) in [5.74, 6) is -1.33. The van der Waals surface area contributed by atoms with E-state index in [0.29, 0.717) is 24.4 Å². The molecule has 136 valence electrons. The number of anilines is 2. The normalized spacial score (nSPS) is 13.2. The van der Waals surface area contributed by atoms with Crippen molar-refractivity contribution in [2.45, 2.75) is 19.8 Å². The average molecular weight is 360 g/mol. The Labute approximate surface area is 149 Å². The molecule has 26 heavy (non-hydrogen) atoms. The summed E-state index contributed by atoms with van der Waals surface area (Å²) in [6, 6.07) is 8.43. The van der Waals surface area contributed by atoms with Gasteiger partial charge in [-0.05, 0) is 43.2 Å². The first-order valence-electron chi connectivity index (χ1n) is 8.23. The largest absolute Gasteiger partial charge is 0.482 e. The standard InChI is InChI=1S/C19H18F2N2O3/c1-12-4-7-17-16(9-12)23(19(25)11-26-17)8-2-3-18(24)22-15-10-13(20)5-6-14(15)21/h4-7,9-10H,2-3,8,11H2,1H3,(H,22,24). The van der Waals surface area contributed by atoms with Crippen LogP contribution in [-0.2, 0) is 9.59 Å². The molecule has 2 aromatic carbocycles. The number of hydrogen-bond acceptors (Lipinski definition) is 3. The number of benzene rings is 2. The molecule has 2 aromatic rings. The lowest BCUT2D eigenvalue weighted by Crippen LogP contribution is -2.39. The molecule has 1 aliphatic rings. The summed E-state index contributed by atoms with van der Waals surface area (Å²) < 4.78 is 32.1. The van der Waals surface area contributed by atoms with E-state index in [0.717, 1.165) is 23.8 Å². The van der Waals surface area contributed by atoms with Crippen molar-refractivity contribution in [1.82, 2.24) is 0 Å². The first-order valence-corrected chi connectivity index (χ1v) is 8.23. The highest BCUT2D eigenvalue weighted by molar-refractivity contribution is 5.98. The summed E-state index contributed by atoms with van der Waals surface area (Å²) in [6.45, 7) is 2.20. The number of amides is 2. The van der Waals surface area contributed by atoms with Gasteiger partial charge >= 0.3 is 0 Å². The number of carbonyl (C=O) groups is 2. The van der Waals surface area contributed by atoms with Gasteiger partial charge in [-0.25, -0.2) is 8.78 Å². The first-order chi connectivity index (χ1) is 12.4. The maximum atomic E-state index is 13.5. The quantitative estimate of drug-likeness (QED) is 0.889. The van der Waals surface area contributed by atoms with Crippen LogP contribution in [0.2, 0.25) is 0 Å². The van der Waals surface area contributed by atoms with Crippen LogP contribution in [-0.4, -0.2) is 25.0 Å². The molecular formula is C19H18F2N2O3. The monoisotopic (exact) mass is 360 g/mol. The zero-order chi connectivity index (χ0) is 18.7. The molecule has 5 nitrogen and oxygen atoms in total. The van der Waals surface area contributed by atoms with Crippen LogP contribution in [0.15, 0.2) is 36.4 Å². The SMILES string of the molecule is Cc1ccc2c(c1)N(CCCC(=O)Nc1cc(F)ccc1F)C(=O)CO2. The Bertz CT molecular complexity index is 855. The number of nitrogens with zero attached hydrogens (tertiary/aromatic N) is 1. The van der Waals surface area contributed by atoms with Gasteiger partial charge in [-0.1, -0.05) is 6.07 Å². The van der Waals surface area contributed by atoms with Gasteiger partial charge in [0.1, 0.15) is 17.4 Å². The minimum absolute atomic E-state index is 0.0449. The fourth-order valence-electron chi connectivity index (χ4n) is 2.76. The van der Waals surface area contributed by atoms with Crippen molar-refractivity contribution in [3.05, 3.63) is 53.6 Å². The number of aryl methyl sites for hydroxylation is 1. The van der Waals surface area contributed by atoms with Crippen LogP contribution in [0.1, 0.15) is 18.4 Å². The van der Waals surface area contributed by atoms with Crippen LogP contribution >= 0.6 is 0 Å². The highest BCUT2D eigenvalue weighted by Gasteiger charge is 2.25. The molecule has 0 aromatic heterocycles. The van der Waals surface area contributed by atoms with Gasteiger partial charge in [-0.3, -0.25) is 9.59 Å². The molecule has 1 N–H and O–H groups in total. The summed E-state index contributed by atoms with van der Waals surface area (Å²) in [5.41, 5.74) is 1.47. The van der Waals surface area contributed by atoms with Crippen LogP contribution in [0.25, 0.3) is 0 Å². The van der Waals surface area contributed by atoms with Gasteiger partial charge in [0.05, 0.1) is 11.4 Å². The molecular weight excluding hydrogens is 342 g/mol. The molecule has 0 saturated carbocycles. The summed E-state index contributed by atoms with van der Waals surface area (Å²) in [7, 11) is 0. The molecule has 2 amide bonds. The van der Waals surface area contributed by atoms with Gasteiger partial charge in [0.2, 0.25) is 5.91 Å². The molecule has 0 unspecified atom stereocenters. The molecule has 1 aliphatic heterocycles. The van der Waals surface area contributed by atoms with E-state index < -0.39 is 17.5 Å². The number of hydrogen-bond donors (Lipinski definition) is 1. The third-order valence-corrected chi connectivity index (χ3v) is 4.05. The van der Waals surface area contributed by atoms with Crippen LogP contribution < -0.4 is 15.0 Å². The average Bonchev–Trinajstić information content (AvgIpc) is 2.60. The fourth-order valence-corrected chi connectivity index (χ4v) is 2.76. The lowest BCUT2D eigenvalue weighted by Gasteiger charge is -2.29. The van der Waals surface area contributed by atoms with Crippen LogP contribution in [0.5, 0.6) is 5.75 Å². The Morgan fingerprint density at radius 3 is 2.85 bits per heavy atom. The van der Waals surface area contributed by atoms with E-state index in [4.69, 9.17) is 4.74 Å². The highest BCUT2D eigenvalue weighted by atomic mass is 19.1. The minimum atomic E-state index is -0.701. The van der Waals surface area contributed by atoms with E-state index >= 15 is 0 Å². The van der Waals surface area contributed by atoms with Crippen LogP contribution in [0.3, 0.4) is 0 Å². The van der Waals surface area contributed by atoms with Crippen molar-refractivity contribution < 1.29 is 23.1 Å². The molecule has 0 atom stereocenters. The topological polar surface area (TPSA) is 58.6 Å². The lowest BCUT2D eigenvalue weighted by atomic mass is 10.1. The number of ether oxygens (including phenoxy) is 1. The molecule has 0 aliphatic carbocycles. The van der Waals surface area contributed by atoms with Gasteiger partial charge < -0.3 is 15.0 Å². The van der Waals surface area contributed by atoms with E-state index in [-0.39, 0.29) is 24.6 Å². The fraction of sp³-hybridized carbons (Fsp3) is 0.263. The lowest BCUT2D eigenvalue weighted by molar-refractivity contribution is -0.121. The van der Waals surface area contributed by atoms with Crippen molar-refractivity contribution >= 4 is 23.2 Å². The van der Waals surface area contributed by atoms with E-state index in [9.17, 15) is 18.4 Å². The number of nitrogens with one attached hydrogen (secondary N) is 1. The van der Waals surface area contributed by atoms with E-state index in [1.54, 1.807) is 4.90 Å². The second-order valence-corrected chi connectivity index (χ2v) is 6.08. The molecule has 3 rings (SSSR count). The predicted molar refractivity (Wildman–Crippen MR) is 93.2 cm³/mol. The molecule has 0 fully saturated rings. The van der Waals surface area contributed by atoms with Gasteiger partial charge in [0.25, 0.3) is 5.91 Å². The number of carbonyl (C=O) groups excluding carboxylic acids is 2. The van der Waals surface area contributed by atoms with Crippen LogP contribution in [0.4, 0.5) is 20.2 Å². The molecule has 1 heterocycles. The third kappa shape index (κ3) is 3.99. The summed E-state index contributed by atoms with van der Waals surface area (Å²) in [4.78, 5) is 25.7.